The van der Waals surface area contributed by atoms with Crippen molar-refractivity contribution in [3.63, 3.8) is 0 Å². The van der Waals surface area contributed by atoms with Crippen LogP contribution in [0.3, 0.4) is 0 Å². The third-order valence-electron chi connectivity index (χ3n) is 3.15. The second-order valence-corrected chi connectivity index (χ2v) is 4.93. The van der Waals surface area contributed by atoms with Gasteiger partial charge in [0.05, 0.1) is 6.10 Å². The molecule has 1 aromatic heterocycles. The smallest absolute Gasteiger partial charge is 0.269 e. The van der Waals surface area contributed by atoms with Crippen molar-refractivity contribution >= 4 is 11.6 Å². The van der Waals surface area contributed by atoms with Crippen LogP contribution >= 0.6 is 0 Å². The number of nitrogens with one attached hydrogen (secondary N) is 1. The van der Waals surface area contributed by atoms with E-state index in [4.69, 9.17) is 0 Å². The summed E-state index contributed by atoms with van der Waals surface area (Å²) >= 11 is 0. The molecule has 0 saturated carbocycles. The van der Waals surface area contributed by atoms with Crippen molar-refractivity contribution in [3.05, 3.63) is 59.9 Å². The predicted molar refractivity (Wildman–Crippen MR) is 82.3 cm³/mol. The number of carbonyl (C=O) groups is 1. The first-order chi connectivity index (χ1) is 10.1. The van der Waals surface area contributed by atoms with Crippen LogP contribution in [-0.2, 0) is 0 Å². The molecule has 0 unspecified atom stereocenters. The maximum Gasteiger partial charge on any atom is 0.269 e. The number of aliphatic hydroxyl groups is 1. The van der Waals surface area contributed by atoms with Crippen LogP contribution in [0.4, 0.5) is 5.69 Å². The van der Waals surface area contributed by atoms with Gasteiger partial charge in [-0.3, -0.25) is 9.78 Å². The van der Waals surface area contributed by atoms with Crippen LogP contribution in [0.15, 0.2) is 48.7 Å². The van der Waals surface area contributed by atoms with Gasteiger partial charge < -0.3 is 15.3 Å². The normalized spacial score (nSPS) is 11.8. The van der Waals surface area contributed by atoms with Crippen molar-refractivity contribution in [1.29, 1.82) is 0 Å². The zero-order chi connectivity index (χ0) is 15.2. The average Bonchev–Trinajstić information content (AvgIpc) is 2.53. The van der Waals surface area contributed by atoms with E-state index < -0.39 is 6.10 Å². The third kappa shape index (κ3) is 4.03. The molecule has 21 heavy (non-hydrogen) atoms. The van der Waals surface area contributed by atoms with Crippen LogP contribution in [0.2, 0.25) is 0 Å². The van der Waals surface area contributed by atoms with Gasteiger partial charge in [0.15, 0.2) is 0 Å². The van der Waals surface area contributed by atoms with Crippen LogP contribution < -0.4 is 10.2 Å². The van der Waals surface area contributed by atoms with Gasteiger partial charge in [0.25, 0.3) is 5.91 Å². The summed E-state index contributed by atoms with van der Waals surface area (Å²) in [6.07, 6.45) is 0.819. The van der Waals surface area contributed by atoms with Gasteiger partial charge in [0.2, 0.25) is 0 Å². The van der Waals surface area contributed by atoms with Crippen molar-refractivity contribution in [2.75, 3.05) is 25.5 Å². The number of amides is 1. The second-order valence-electron chi connectivity index (χ2n) is 4.93. The highest BCUT2D eigenvalue weighted by Crippen LogP contribution is 2.17. The molecule has 2 rings (SSSR count). The number of rotatable bonds is 5. The lowest BCUT2D eigenvalue weighted by Crippen LogP contribution is -2.29. The number of anilines is 1. The SMILES string of the molecule is CN(C)c1ccc([C@@H](O)CNC(=O)c2ccccn2)cc1. The van der Waals surface area contributed by atoms with Crippen molar-refractivity contribution in [3.8, 4) is 0 Å². The predicted octanol–water partition coefficient (Wildman–Crippen LogP) is 1.61. The van der Waals surface area contributed by atoms with E-state index in [9.17, 15) is 9.90 Å². The van der Waals surface area contributed by atoms with Crippen molar-refractivity contribution in [2.45, 2.75) is 6.10 Å². The molecule has 5 heteroatoms. The number of hydrogen-bond acceptors (Lipinski definition) is 4. The van der Waals surface area contributed by atoms with Crippen molar-refractivity contribution < 1.29 is 9.90 Å². The number of benzene rings is 1. The summed E-state index contributed by atoms with van der Waals surface area (Å²) in [4.78, 5) is 17.8. The summed E-state index contributed by atoms with van der Waals surface area (Å²) in [5, 5.41) is 12.8. The second kappa shape index (κ2) is 6.85. The Bertz CT molecular complexity index is 582. The topological polar surface area (TPSA) is 65.5 Å². The molecule has 2 aromatic rings. The standard InChI is InChI=1S/C16H19N3O2/c1-19(2)13-8-6-12(7-9-13)15(20)11-18-16(21)14-5-3-4-10-17-14/h3-10,15,20H,11H2,1-2H3,(H,18,21)/t15-/m0/s1. The number of aromatic nitrogens is 1. The molecular weight excluding hydrogens is 266 g/mol. The van der Waals surface area contributed by atoms with E-state index in [0.29, 0.717) is 5.69 Å². The summed E-state index contributed by atoms with van der Waals surface area (Å²) in [7, 11) is 3.91. The lowest BCUT2D eigenvalue weighted by atomic mass is 10.1. The number of aliphatic hydroxyl groups excluding tert-OH is 1. The van der Waals surface area contributed by atoms with E-state index in [2.05, 4.69) is 10.3 Å². The highest BCUT2D eigenvalue weighted by atomic mass is 16.3. The van der Waals surface area contributed by atoms with Crippen LogP contribution in [0.1, 0.15) is 22.2 Å². The molecule has 1 heterocycles. The molecule has 1 amide bonds. The molecule has 0 saturated heterocycles. The Morgan fingerprint density at radius 3 is 2.52 bits per heavy atom. The lowest BCUT2D eigenvalue weighted by Gasteiger charge is -2.15. The molecule has 0 aliphatic heterocycles. The zero-order valence-electron chi connectivity index (χ0n) is 12.2. The molecular formula is C16H19N3O2. The molecule has 0 radical (unpaired) electrons. The Hall–Kier alpha value is -2.40. The van der Waals surface area contributed by atoms with Crippen LogP contribution in [0.5, 0.6) is 0 Å². The van der Waals surface area contributed by atoms with Gasteiger partial charge in [-0.1, -0.05) is 18.2 Å². The molecule has 0 fully saturated rings. The lowest BCUT2D eigenvalue weighted by molar-refractivity contribution is 0.0911. The van der Waals surface area contributed by atoms with E-state index in [0.717, 1.165) is 11.3 Å². The van der Waals surface area contributed by atoms with E-state index in [1.165, 1.54) is 0 Å². The van der Waals surface area contributed by atoms with Gasteiger partial charge in [-0.25, -0.2) is 0 Å². The van der Waals surface area contributed by atoms with E-state index in [1.54, 1.807) is 24.4 Å². The van der Waals surface area contributed by atoms with Crippen LogP contribution in [0, 0.1) is 0 Å². The Labute approximate surface area is 124 Å². The first kappa shape index (κ1) is 15.0. The van der Waals surface area contributed by atoms with Crippen LogP contribution in [0.25, 0.3) is 0 Å². The number of hydrogen-bond donors (Lipinski definition) is 2. The molecule has 0 aliphatic rings. The Balaban J connectivity index is 1.92. The monoisotopic (exact) mass is 285 g/mol. The zero-order valence-corrected chi connectivity index (χ0v) is 12.2. The molecule has 1 atom stereocenters. The molecule has 0 spiro atoms. The third-order valence-corrected chi connectivity index (χ3v) is 3.15. The molecule has 0 aliphatic carbocycles. The summed E-state index contributed by atoms with van der Waals surface area (Å²) in [5.41, 5.74) is 2.16. The fourth-order valence-electron chi connectivity index (χ4n) is 1.89. The van der Waals surface area contributed by atoms with Gasteiger partial charge in [0.1, 0.15) is 5.69 Å². The summed E-state index contributed by atoms with van der Waals surface area (Å²) in [5.74, 6) is -0.292. The van der Waals surface area contributed by atoms with E-state index >= 15 is 0 Å². The maximum atomic E-state index is 11.8. The highest BCUT2D eigenvalue weighted by Gasteiger charge is 2.11. The van der Waals surface area contributed by atoms with Crippen LogP contribution in [-0.4, -0.2) is 36.6 Å². The quantitative estimate of drug-likeness (QED) is 0.876. The maximum absolute atomic E-state index is 11.8. The van der Waals surface area contributed by atoms with Gasteiger partial charge in [0, 0.05) is 32.5 Å². The molecule has 110 valence electrons. The Morgan fingerprint density at radius 2 is 1.95 bits per heavy atom. The Morgan fingerprint density at radius 1 is 1.24 bits per heavy atom. The molecule has 2 N–H and O–H groups in total. The molecule has 5 nitrogen and oxygen atoms in total. The van der Waals surface area contributed by atoms with E-state index in [-0.39, 0.29) is 12.5 Å². The minimum Gasteiger partial charge on any atom is -0.387 e. The minimum atomic E-state index is -0.742. The number of nitrogens with zero attached hydrogens (tertiary/aromatic N) is 2. The first-order valence-electron chi connectivity index (χ1n) is 6.72. The van der Waals surface area contributed by atoms with Gasteiger partial charge in [-0.2, -0.15) is 0 Å². The summed E-state index contributed by atoms with van der Waals surface area (Å²) in [6.45, 7) is 0.150. The summed E-state index contributed by atoms with van der Waals surface area (Å²) in [6, 6.07) is 12.7. The van der Waals surface area contributed by atoms with E-state index in [1.807, 2.05) is 43.3 Å². The molecule has 1 aromatic carbocycles. The fraction of sp³-hybridized carbons (Fsp3) is 0.250. The number of carbonyl (C=O) groups excluding carboxylic acids is 1. The van der Waals surface area contributed by atoms with Crippen molar-refractivity contribution in [2.24, 2.45) is 0 Å². The van der Waals surface area contributed by atoms with Crippen molar-refractivity contribution in [1.82, 2.24) is 10.3 Å². The fourth-order valence-corrected chi connectivity index (χ4v) is 1.89. The highest BCUT2D eigenvalue weighted by molar-refractivity contribution is 5.92. The average molecular weight is 285 g/mol. The largest absolute Gasteiger partial charge is 0.387 e. The number of pyridine rings is 1. The summed E-state index contributed by atoms with van der Waals surface area (Å²) < 4.78 is 0. The van der Waals surface area contributed by atoms with Gasteiger partial charge in [-0.15, -0.1) is 0 Å². The Kier molecular flexibility index (Phi) is 4.90. The van der Waals surface area contributed by atoms with Gasteiger partial charge >= 0.3 is 0 Å². The first-order valence-corrected chi connectivity index (χ1v) is 6.72. The van der Waals surface area contributed by atoms with Gasteiger partial charge in [-0.05, 0) is 29.8 Å². The molecule has 0 bridgehead atoms. The minimum absolute atomic E-state index is 0.150.